The lowest BCUT2D eigenvalue weighted by atomic mass is 10.2. The Morgan fingerprint density at radius 2 is 1.37 bits per heavy atom. The second-order valence-electron chi connectivity index (χ2n) is 9.29. The largest absolute Gasteiger partial charge is 0.398 e. The minimum absolute atomic E-state index is 0.668. The Bertz CT molecular complexity index is 911. The number of aromatic nitrogens is 2. The van der Waals surface area contributed by atoms with Crippen molar-refractivity contribution in [1.29, 1.82) is 0 Å². The van der Waals surface area contributed by atoms with Crippen LogP contribution >= 0.6 is 7.69 Å². The van der Waals surface area contributed by atoms with Gasteiger partial charge in [0.2, 0.25) is 0 Å². The van der Waals surface area contributed by atoms with Gasteiger partial charge in [0.1, 0.15) is 5.43 Å². The van der Waals surface area contributed by atoms with Crippen LogP contribution in [0.5, 0.6) is 0 Å². The summed E-state index contributed by atoms with van der Waals surface area (Å²) in [6.45, 7) is 14.9. The molecule has 1 aromatic heterocycles. The number of anilines is 1. The highest BCUT2D eigenvalue weighted by molar-refractivity contribution is 7.56. The van der Waals surface area contributed by atoms with E-state index in [1.54, 1.807) is 0 Å². The molecule has 0 amide bonds. The van der Waals surface area contributed by atoms with Crippen molar-refractivity contribution in [2.24, 2.45) is 0 Å². The zero-order valence-electron chi connectivity index (χ0n) is 17.2. The summed E-state index contributed by atoms with van der Waals surface area (Å²) in [4.78, 5) is 5.75. The van der Waals surface area contributed by atoms with E-state index in [-0.39, 0.29) is 0 Å². The SMILES string of the molecule is C[Si](C)(C)C(p1nc(-c2ccccc2N)nc1-c1ccccc1)[Si](C)(C)C. The topological polar surface area (TPSA) is 51.8 Å². The maximum Gasteiger partial charge on any atom is 0.166 e. The summed E-state index contributed by atoms with van der Waals surface area (Å²) in [5.74, 6) is 0.819. The Labute approximate surface area is 166 Å². The van der Waals surface area contributed by atoms with Gasteiger partial charge in [-0.2, -0.15) is 0 Å². The first-order chi connectivity index (χ1) is 12.6. The fourth-order valence-electron chi connectivity index (χ4n) is 4.13. The minimum atomic E-state index is -1.43. The smallest absolute Gasteiger partial charge is 0.166 e. The fourth-order valence-corrected chi connectivity index (χ4v) is 22.9. The van der Waals surface area contributed by atoms with E-state index < -0.39 is 23.8 Å². The summed E-state index contributed by atoms with van der Waals surface area (Å²) in [5, 5.41) is 0. The molecule has 2 aromatic carbocycles. The first-order valence-corrected chi connectivity index (χ1v) is 18.0. The molecule has 0 aliphatic carbocycles. The van der Waals surface area contributed by atoms with Crippen LogP contribution in [0.2, 0.25) is 39.3 Å². The molecule has 3 aromatic rings. The molecule has 3 nitrogen and oxygen atoms in total. The van der Waals surface area contributed by atoms with E-state index in [2.05, 4.69) is 69.6 Å². The van der Waals surface area contributed by atoms with Crippen molar-refractivity contribution < 1.29 is 0 Å². The summed E-state index contributed by atoms with van der Waals surface area (Å²) in [6.07, 6.45) is 0. The van der Waals surface area contributed by atoms with Gasteiger partial charge in [0.05, 0.1) is 16.1 Å². The van der Waals surface area contributed by atoms with Crippen molar-refractivity contribution in [3.8, 4) is 22.4 Å². The zero-order chi connectivity index (χ0) is 19.8. The van der Waals surface area contributed by atoms with Crippen LogP contribution in [0.25, 0.3) is 22.4 Å². The number of nitrogen functional groups attached to an aromatic ring is 1. The Morgan fingerprint density at radius 3 is 1.93 bits per heavy atom. The Kier molecular flexibility index (Phi) is 5.48. The van der Waals surface area contributed by atoms with Crippen molar-refractivity contribution in [3.05, 3.63) is 54.6 Å². The second-order valence-corrected chi connectivity index (χ2v) is 23.3. The monoisotopic (exact) mass is 411 g/mol. The molecule has 1 heterocycles. The third kappa shape index (κ3) is 4.26. The Hall–Kier alpha value is -1.69. The van der Waals surface area contributed by atoms with Gasteiger partial charge in [-0.15, -0.1) is 0 Å². The van der Waals surface area contributed by atoms with Gasteiger partial charge in [0.15, 0.2) is 5.82 Å². The lowest BCUT2D eigenvalue weighted by molar-refractivity contribution is 1.32. The van der Waals surface area contributed by atoms with Crippen LogP contribution in [0.3, 0.4) is 0 Å². The van der Waals surface area contributed by atoms with Crippen LogP contribution in [-0.2, 0) is 0 Å². The van der Waals surface area contributed by atoms with Gasteiger partial charge >= 0.3 is 0 Å². The highest BCUT2D eigenvalue weighted by Gasteiger charge is 2.42. The molecular formula is C21H30N3PSi2. The van der Waals surface area contributed by atoms with Crippen LogP contribution in [0, 0.1) is 0 Å². The number of benzene rings is 2. The molecule has 0 fully saturated rings. The number of nitrogens with two attached hydrogens (primary N) is 1. The molecule has 0 aliphatic heterocycles. The summed E-state index contributed by atoms with van der Waals surface area (Å²) >= 11 is 0. The maximum atomic E-state index is 6.25. The molecule has 1 atom stereocenters. The number of para-hydroxylation sites is 1. The highest BCUT2D eigenvalue weighted by Crippen LogP contribution is 2.55. The standard InChI is InChI=1S/C21H30N3PSi2/c1-26(2,3)21(27(4,5)6)25-20(16-12-8-7-9-13-16)23-19(24-25)17-14-10-11-15-18(17)22/h7-15,21H,22H2,1-6H3. The van der Waals surface area contributed by atoms with E-state index >= 15 is 0 Å². The first kappa shape index (κ1) is 20.1. The summed E-state index contributed by atoms with van der Waals surface area (Å²) in [5.41, 5.74) is 10.3. The highest BCUT2D eigenvalue weighted by atomic mass is 31.1. The quantitative estimate of drug-likeness (QED) is 0.376. The molecular weight excluding hydrogens is 381 g/mol. The Balaban J connectivity index is 2.27. The predicted molar refractivity (Wildman–Crippen MR) is 126 cm³/mol. The van der Waals surface area contributed by atoms with E-state index in [0.29, 0.717) is 4.91 Å². The molecule has 0 bridgehead atoms. The molecule has 0 saturated carbocycles. The van der Waals surface area contributed by atoms with E-state index in [4.69, 9.17) is 15.5 Å². The lowest BCUT2D eigenvalue weighted by Gasteiger charge is -2.37. The van der Waals surface area contributed by atoms with Crippen LogP contribution in [0.15, 0.2) is 54.6 Å². The minimum Gasteiger partial charge on any atom is -0.398 e. The zero-order valence-corrected chi connectivity index (χ0v) is 20.1. The average molecular weight is 412 g/mol. The van der Waals surface area contributed by atoms with Gasteiger partial charge in [-0.25, -0.2) is 9.73 Å². The number of hydrogen-bond donors (Lipinski definition) is 1. The molecule has 2 N–H and O–H groups in total. The number of rotatable bonds is 5. The van der Waals surface area contributed by atoms with Gasteiger partial charge < -0.3 is 5.73 Å². The van der Waals surface area contributed by atoms with E-state index in [9.17, 15) is 0 Å². The van der Waals surface area contributed by atoms with E-state index in [1.165, 1.54) is 11.0 Å². The van der Waals surface area contributed by atoms with Gasteiger partial charge in [0, 0.05) is 21.7 Å². The predicted octanol–water partition coefficient (Wildman–Crippen LogP) is 6.68. The van der Waals surface area contributed by atoms with Crippen LogP contribution in [0.4, 0.5) is 5.69 Å². The molecule has 0 radical (unpaired) electrons. The molecule has 0 aliphatic rings. The van der Waals surface area contributed by atoms with Crippen LogP contribution in [0.1, 0.15) is 4.91 Å². The van der Waals surface area contributed by atoms with Crippen LogP contribution < -0.4 is 5.73 Å². The molecule has 142 valence electrons. The van der Waals surface area contributed by atoms with Crippen LogP contribution in [-0.4, -0.2) is 25.9 Å². The average Bonchev–Trinajstić information content (AvgIpc) is 2.97. The first-order valence-electron chi connectivity index (χ1n) is 9.46. The van der Waals surface area contributed by atoms with Gasteiger partial charge in [-0.3, -0.25) is 0 Å². The van der Waals surface area contributed by atoms with Gasteiger partial charge in [-0.05, 0) is 19.8 Å². The molecule has 1 unspecified atom stereocenters. The second kappa shape index (κ2) is 7.38. The van der Waals surface area contributed by atoms with Crippen molar-refractivity contribution >= 4 is 29.5 Å². The lowest BCUT2D eigenvalue weighted by Crippen LogP contribution is -2.43. The summed E-state index contributed by atoms with van der Waals surface area (Å²) < 4.78 is 5.28. The third-order valence-electron chi connectivity index (χ3n) is 4.75. The Morgan fingerprint density at radius 1 is 0.815 bits per heavy atom. The number of nitrogens with zero attached hydrogens (tertiary/aromatic N) is 2. The van der Waals surface area contributed by atoms with Gasteiger partial charge in [0.25, 0.3) is 0 Å². The van der Waals surface area contributed by atoms with E-state index in [1.807, 2.05) is 24.3 Å². The van der Waals surface area contributed by atoms with Crippen molar-refractivity contribution in [3.63, 3.8) is 0 Å². The molecule has 3 rings (SSSR count). The summed E-state index contributed by atoms with van der Waals surface area (Å²) in [6, 6.07) is 18.6. The summed E-state index contributed by atoms with van der Waals surface area (Å²) in [7, 11) is -3.56. The number of hydrogen-bond acceptors (Lipinski definition) is 3. The van der Waals surface area contributed by atoms with Gasteiger partial charge in [-0.1, -0.05) is 81.7 Å². The fraction of sp³-hybridized carbons (Fsp3) is 0.333. The molecule has 27 heavy (non-hydrogen) atoms. The third-order valence-corrected chi connectivity index (χ3v) is 21.0. The normalized spacial score (nSPS) is 13.2. The van der Waals surface area contributed by atoms with Crippen molar-refractivity contribution in [2.75, 3.05) is 5.73 Å². The maximum absolute atomic E-state index is 6.25. The van der Waals surface area contributed by atoms with E-state index in [0.717, 1.165) is 17.1 Å². The van der Waals surface area contributed by atoms with Crippen molar-refractivity contribution in [1.82, 2.24) is 9.73 Å². The molecule has 0 saturated heterocycles. The molecule has 6 heteroatoms. The van der Waals surface area contributed by atoms with Crippen molar-refractivity contribution in [2.45, 2.75) is 44.2 Å². The molecule has 0 spiro atoms.